The van der Waals surface area contributed by atoms with Gasteiger partial charge in [0.1, 0.15) is 18.1 Å². The highest BCUT2D eigenvalue weighted by atomic mass is 32.1. The molecule has 2 aromatic rings. The van der Waals surface area contributed by atoms with Crippen molar-refractivity contribution in [2.75, 3.05) is 18.0 Å². The number of benzene rings is 1. The van der Waals surface area contributed by atoms with Gasteiger partial charge in [0, 0.05) is 11.1 Å². The minimum absolute atomic E-state index is 0.0585. The third kappa shape index (κ3) is 2.46. The largest absolute Gasteiger partial charge is 0.288 e. The Bertz CT molecular complexity index is 770. The Morgan fingerprint density at radius 3 is 3.05 bits per heavy atom. The number of thiophene rings is 1. The van der Waals surface area contributed by atoms with Crippen LogP contribution in [0.25, 0.3) is 0 Å². The van der Waals surface area contributed by atoms with Crippen LogP contribution in [0.15, 0.2) is 40.7 Å². The quantitative estimate of drug-likeness (QED) is 0.800. The lowest BCUT2D eigenvalue weighted by Gasteiger charge is -2.16. The molecule has 0 saturated heterocycles. The molecule has 0 spiro atoms. The Morgan fingerprint density at radius 1 is 1.43 bits per heavy atom. The van der Waals surface area contributed by atoms with Crippen LogP contribution in [-0.2, 0) is 4.79 Å². The van der Waals surface area contributed by atoms with E-state index in [1.54, 1.807) is 0 Å². The summed E-state index contributed by atoms with van der Waals surface area (Å²) in [6, 6.07) is 12.1. The number of aryl methyl sites for hydroxylation is 1. The van der Waals surface area contributed by atoms with Crippen molar-refractivity contribution >= 4 is 28.0 Å². The highest BCUT2D eigenvalue weighted by Gasteiger charge is 2.26. The van der Waals surface area contributed by atoms with Crippen molar-refractivity contribution in [3.63, 3.8) is 0 Å². The number of hydrogen-bond donors (Lipinski definition) is 0. The first-order valence-corrected chi connectivity index (χ1v) is 7.45. The smallest absolute Gasteiger partial charge is 0.250 e. The first-order chi connectivity index (χ1) is 10.2. The van der Waals surface area contributed by atoms with E-state index < -0.39 is 0 Å². The minimum atomic E-state index is -0.136. The minimum Gasteiger partial charge on any atom is -0.288 e. The second-order valence-electron chi connectivity index (χ2n) is 4.81. The van der Waals surface area contributed by atoms with E-state index >= 15 is 0 Å². The van der Waals surface area contributed by atoms with Crippen molar-refractivity contribution in [1.82, 2.24) is 0 Å². The summed E-state index contributed by atoms with van der Waals surface area (Å²) in [6.45, 7) is 2.16. The van der Waals surface area contributed by atoms with Crippen LogP contribution in [0.3, 0.4) is 0 Å². The standard InChI is InChI=1S/C16H13N3OS/c1-11-3-2-4-12(9-11)15-13-5-8-21-16(13)19(7-6-17)14(20)10-18-15/h2-5,8-9H,7,10H2,1H3. The molecule has 2 heterocycles. The van der Waals surface area contributed by atoms with Gasteiger partial charge in [-0.15, -0.1) is 11.3 Å². The zero-order valence-electron chi connectivity index (χ0n) is 11.5. The third-order valence-electron chi connectivity index (χ3n) is 3.34. The molecule has 0 N–H and O–H groups in total. The fraction of sp³-hybridized carbons (Fsp3) is 0.188. The topological polar surface area (TPSA) is 56.5 Å². The van der Waals surface area contributed by atoms with Crippen molar-refractivity contribution in [1.29, 1.82) is 5.26 Å². The molecule has 0 atom stereocenters. The van der Waals surface area contributed by atoms with E-state index in [9.17, 15) is 4.79 Å². The monoisotopic (exact) mass is 295 g/mol. The maximum absolute atomic E-state index is 12.2. The lowest BCUT2D eigenvalue weighted by Crippen LogP contribution is -2.32. The molecule has 0 fully saturated rings. The number of nitriles is 1. The van der Waals surface area contributed by atoms with Crippen LogP contribution in [0.5, 0.6) is 0 Å². The van der Waals surface area contributed by atoms with E-state index in [0.717, 1.165) is 27.4 Å². The summed E-state index contributed by atoms with van der Waals surface area (Å²) in [7, 11) is 0. The summed E-state index contributed by atoms with van der Waals surface area (Å²) in [5, 5.41) is 11.7. The molecule has 4 nitrogen and oxygen atoms in total. The molecule has 1 aliphatic rings. The van der Waals surface area contributed by atoms with E-state index in [0.29, 0.717) is 0 Å². The Balaban J connectivity index is 2.13. The van der Waals surface area contributed by atoms with Gasteiger partial charge >= 0.3 is 0 Å². The van der Waals surface area contributed by atoms with Gasteiger partial charge in [-0.25, -0.2) is 0 Å². The fourth-order valence-corrected chi connectivity index (χ4v) is 3.31. The molecule has 21 heavy (non-hydrogen) atoms. The SMILES string of the molecule is Cc1cccc(C2=NCC(=O)N(CC#N)c3sccc32)c1. The predicted molar refractivity (Wildman–Crippen MR) is 84.0 cm³/mol. The summed E-state index contributed by atoms with van der Waals surface area (Å²) >= 11 is 1.47. The zero-order valence-corrected chi connectivity index (χ0v) is 12.4. The summed E-state index contributed by atoms with van der Waals surface area (Å²) in [4.78, 5) is 18.2. The fourth-order valence-electron chi connectivity index (χ4n) is 2.39. The van der Waals surface area contributed by atoms with Crippen molar-refractivity contribution in [3.05, 3.63) is 52.4 Å². The highest BCUT2D eigenvalue weighted by Crippen LogP contribution is 2.32. The number of carbonyl (C=O) groups is 1. The molecule has 1 amide bonds. The normalized spacial score (nSPS) is 14.2. The summed E-state index contributed by atoms with van der Waals surface area (Å²) < 4.78 is 0. The molecule has 5 heteroatoms. The maximum Gasteiger partial charge on any atom is 0.250 e. The van der Waals surface area contributed by atoms with Crippen LogP contribution in [0, 0.1) is 18.3 Å². The molecular formula is C16H13N3OS. The molecule has 1 aliphatic heterocycles. The van der Waals surface area contributed by atoms with E-state index in [2.05, 4.69) is 17.1 Å². The van der Waals surface area contributed by atoms with Gasteiger partial charge in [0.2, 0.25) is 5.91 Å². The van der Waals surface area contributed by atoms with Crippen LogP contribution < -0.4 is 4.90 Å². The Labute approximate surface area is 127 Å². The van der Waals surface area contributed by atoms with Crippen molar-refractivity contribution in [2.24, 2.45) is 4.99 Å². The van der Waals surface area contributed by atoms with E-state index in [1.807, 2.05) is 36.6 Å². The van der Waals surface area contributed by atoms with Gasteiger partial charge < -0.3 is 0 Å². The third-order valence-corrected chi connectivity index (χ3v) is 4.27. The van der Waals surface area contributed by atoms with Gasteiger partial charge in [-0.05, 0) is 24.4 Å². The van der Waals surface area contributed by atoms with Crippen LogP contribution in [0.1, 0.15) is 16.7 Å². The van der Waals surface area contributed by atoms with Gasteiger partial charge in [-0.1, -0.05) is 23.8 Å². The number of carbonyl (C=O) groups excluding carboxylic acids is 1. The molecule has 1 aromatic carbocycles. The summed E-state index contributed by atoms with van der Waals surface area (Å²) in [6.07, 6.45) is 0. The van der Waals surface area contributed by atoms with Gasteiger partial charge in [0.15, 0.2) is 0 Å². The highest BCUT2D eigenvalue weighted by molar-refractivity contribution is 7.14. The number of aliphatic imine (C=N–C) groups is 1. The van der Waals surface area contributed by atoms with E-state index in [1.165, 1.54) is 16.2 Å². The summed E-state index contributed by atoms with van der Waals surface area (Å²) in [5.41, 5.74) is 3.90. The number of nitrogens with zero attached hydrogens (tertiary/aromatic N) is 3. The summed E-state index contributed by atoms with van der Waals surface area (Å²) in [5.74, 6) is -0.136. The van der Waals surface area contributed by atoms with Crippen LogP contribution in [0.4, 0.5) is 5.00 Å². The van der Waals surface area contributed by atoms with Crippen molar-refractivity contribution in [3.8, 4) is 6.07 Å². The van der Waals surface area contributed by atoms with E-state index in [4.69, 9.17) is 5.26 Å². The van der Waals surface area contributed by atoms with Crippen LogP contribution in [0.2, 0.25) is 0 Å². The average Bonchev–Trinajstić information content (AvgIpc) is 2.89. The van der Waals surface area contributed by atoms with Gasteiger partial charge in [-0.3, -0.25) is 14.7 Å². The molecular weight excluding hydrogens is 282 g/mol. The lowest BCUT2D eigenvalue weighted by molar-refractivity contribution is -0.117. The Kier molecular flexibility index (Phi) is 3.55. The zero-order chi connectivity index (χ0) is 14.8. The molecule has 0 unspecified atom stereocenters. The van der Waals surface area contributed by atoms with Crippen molar-refractivity contribution < 1.29 is 4.79 Å². The number of fused-ring (bicyclic) bond motifs is 1. The van der Waals surface area contributed by atoms with Crippen molar-refractivity contribution in [2.45, 2.75) is 6.92 Å². The molecule has 0 aliphatic carbocycles. The van der Waals surface area contributed by atoms with Crippen LogP contribution in [-0.4, -0.2) is 24.7 Å². The number of hydrogen-bond acceptors (Lipinski definition) is 4. The van der Waals surface area contributed by atoms with Gasteiger partial charge in [-0.2, -0.15) is 5.26 Å². The lowest BCUT2D eigenvalue weighted by atomic mass is 10.0. The van der Waals surface area contributed by atoms with E-state index in [-0.39, 0.29) is 19.0 Å². The predicted octanol–water partition coefficient (Wildman–Crippen LogP) is 2.76. The Morgan fingerprint density at radius 2 is 2.29 bits per heavy atom. The number of anilines is 1. The molecule has 1 aromatic heterocycles. The maximum atomic E-state index is 12.2. The molecule has 104 valence electrons. The Hall–Kier alpha value is -2.45. The molecule has 3 rings (SSSR count). The molecule has 0 bridgehead atoms. The number of amides is 1. The number of rotatable bonds is 2. The van der Waals surface area contributed by atoms with Crippen LogP contribution >= 0.6 is 11.3 Å². The van der Waals surface area contributed by atoms with Gasteiger partial charge in [0.05, 0.1) is 11.8 Å². The first-order valence-electron chi connectivity index (χ1n) is 6.57. The second kappa shape index (κ2) is 5.51. The molecule has 0 radical (unpaired) electrons. The second-order valence-corrected chi connectivity index (χ2v) is 5.71. The van der Waals surface area contributed by atoms with Gasteiger partial charge in [0.25, 0.3) is 0 Å². The average molecular weight is 295 g/mol. The first kappa shape index (κ1) is 13.5. The molecule has 0 saturated carbocycles.